The van der Waals surface area contributed by atoms with Gasteiger partial charge >= 0.3 is 6.03 Å². The van der Waals surface area contributed by atoms with Crippen molar-refractivity contribution in [3.63, 3.8) is 0 Å². The van der Waals surface area contributed by atoms with Gasteiger partial charge in [-0.25, -0.2) is 4.79 Å². The van der Waals surface area contributed by atoms with Gasteiger partial charge in [0.15, 0.2) is 0 Å². The molecule has 1 saturated heterocycles. The molecule has 0 bridgehead atoms. The van der Waals surface area contributed by atoms with Gasteiger partial charge in [0, 0.05) is 25.8 Å². The first-order valence-corrected chi connectivity index (χ1v) is 9.02. The number of anilines is 1. The molecular formula is C18H21N3O2S. The molecule has 3 amide bonds. The van der Waals surface area contributed by atoms with Gasteiger partial charge in [0.1, 0.15) is 0 Å². The van der Waals surface area contributed by atoms with E-state index < -0.39 is 0 Å². The minimum Gasteiger partial charge on any atom is -0.359 e. The van der Waals surface area contributed by atoms with Crippen LogP contribution in [-0.2, 0) is 4.79 Å². The van der Waals surface area contributed by atoms with Crippen LogP contribution in [0, 0.1) is 5.92 Å². The number of rotatable bonds is 3. The molecule has 1 aliphatic rings. The van der Waals surface area contributed by atoms with Crippen LogP contribution in [0.4, 0.5) is 10.5 Å². The van der Waals surface area contributed by atoms with E-state index in [-0.39, 0.29) is 17.9 Å². The van der Waals surface area contributed by atoms with Gasteiger partial charge in [0.05, 0.1) is 5.92 Å². The molecule has 2 heterocycles. The van der Waals surface area contributed by atoms with Crippen LogP contribution in [0.3, 0.4) is 0 Å². The fraction of sp³-hybridized carbons (Fsp3) is 0.333. The highest BCUT2D eigenvalue weighted by atomic mass is 32.1. The van der Waals surface area contributed by atoms with Crippen molar-refractivity contribution in [3.05, 3.63) is 41.1 Å². The standard InChI is InChI=1S/C18H21N3O2S/c1-19-17(22)14-5-3-8-21(11-14)18(23)20-16-6-2-4-13(10-16)15-7-9-24-12-15/h2,4,6-7,9-10,12,14H,3,5,8,11H2,1H3,(H,19,22)(H,20,23). The molecule has 0 spiro atoms. The van der Waals surface area contributed by atoms with Crippen LogP contribution in [0.25, 0.3) is 11.1 Å². The number of amides is 3. The zero-order valence-corrected chi connectivity index (χ0v) is 14.4. The van der Waals surface area contributed by atoms with Gasteiger partial charge in [0.25, 0.3) is 0 Å². The summed E-state index contributed by atoms with van der Waals surface area (Å²) in [6.07, 6.45) is 1.68. The summed E-state index contributed by atoms with van der Waals surface area (Å²) in [4.78, 5) is 26.0. The molecule has 3 rings (SSSR count). The number of urea groups is 1. The normalized spacial score (nSPS) is 17.4. The number of hydrogen-bond donors (Lipinski definition) is 2. The van der Waals surface area contributed by atoms with Gasteiger partial charge in [-0.05, 0) is 52.9 Å². The third-order valence-corrected chi connectivity index (χ3v) is 4.98. The predicted molar refractivity (Wildman–Crippen MR) is 97.1 cm³/mol. The van der Waals surface area contributed by atoms with E-state index in [1.165, 1.54) is 0 Å². The second-order valence-electron chi connectivity index (χ2n) is 5.92. The van der Waals surface area contributed by atoms with E-state index >= 15 is 0 Å². The van der Waals surface area contributed by atoms with Crippen LogP contribution >= 0.6 is 11.3 Å². The minimum atomic E-state index is -0.147. The lowest BCUT2D eigenvalue weighted by atomic mass is 9.97. The number of piperidine rings is 1. The summed E-state index contributed by atoms with van der Waals surface area (Å²) < 4.78 is 0. The van der Waals surface area contributed by atoms with Crippen LogP contribution in [0.15, 0.2) is 41.1 Å². The molecule has 2 aromatic rings. The highest BCUT2D eigenvalue weighted by Gasteiger charge is 2.27. The van der Waals surface area contributed by atoms with Crippen molar-refractivity contribution in [1.29, 1.82) is 0 Å². The summed E-state index contributed by atoms with van der Waals surface area (Å²) in [5.74, 6) is -0.112. The third kappa shape index (κ3) is 3.76. The number of hydrogen-bond acceptors (Lipinski definition) is 3. The van der Waals surface area contributed by atoms with E-state index in [1.54, 1.807) is 23.3 Å². The minimum absolute atomic E-state index is 0.00644. The van der Waals surface area contributed by atoms with Crippen LogP contribution in [-0.4, -0.2) is 37.0 Å². The molecule has 1 unspecified atom stereocenters. The lowest BCUT2D eigenvalue weighted by Crippen LogP contribution is -2.46. The van der Waals surface area contributed by atoms with Gasteiger partial charge in [-0.1, -0.05) is 12.1 Å². The van der Waals surface area contributed by atoms with E-state index in [0.717, 1.165) is 29.7 Å². The van der Waals surface area contributed by atoms with Crippen molar-refractivity contribution in [2.24, 2.45) is 5.92 Å². The second kappa shape index (κ2) is 7.49. The van der Waals surface area contributed by atoms with Gasteiger partial charge in [-0.3, -0.25) is 4.79 Å². The average molecular weight is 343 g/mol. The zero-order valence-electron chi connectivity index (χ0n) is 13.6. The monoisotopic (exact) mass is 343 g/mol. The van der Waals surface area contributed by atoms with Crippen molar-refractivity contribution < 1.29 is 9.59 Å². The Labute approximate surface area is 145 Å². The molecule has 1 fully saturated rings. The Morgan fingerprint density at radius 3 is 2.88 bits per heavy atom. The van der Waals surface area contributed by atoms with E-state index in [1.807, 2.05) is 29.6 Å². The smallest absolute Gasteiger partial charge is 0.321 e. The SMILES string of the molecule is CNC(=O)C1CCCN(C(=O)Nc2cccc(-c3ccsc3)c2)C1. The Bertz CT molecular complexity index is 715. The summed E-state index contributed by atoms with van der Waals surface area (Å²) in [7, 11) is 1.64. The van der Waals surface area contributed by atoms with Crippen molar-refractivity contribution >= 4 is 29.0 Å². The topological polar surface area (TPSA) is 61.4 Å². The molecule has 1 aromatic carbocycles. The Balaban J connectivity index is 1.66. The van der Waals surface area contributed by atoms with Crippen LogP contribution in [0.2, 0.25) is 0 Å². The molecule has 2 N–H and O–H groups in total. The molecule has 0 radical (unpaired) electrons. The fourth-order valence-corrected chi connectivity index (χ4v) is 3.65. The Morgan fingerprint density at radius 1 is 1.25 bits per heavy atom. The summed E-state index contributed by atoms with van der Waals surface area (Å²) >= 11 is 1.65. The molecule has 24 heavy (non-hydrogen) atoms. The number of benzene rings is 1. The number of carbonyl (C=O) groups excluding carboxylic acids is 2. The molecule has 1 aromatic heterocycles. The van der Waals surface area contributed by atoms with Crippen molar-refractivity contribution in [1.82, 2.24) is 10.2 Å². The van der Waals surface area contributed by atoms with Crippen molar-refractivity contribution in [2.75, 3.05) is 25.5 Å². The van der Waals surface area contributed by atoms with Crippen LogP contribution in [0.1, 0.15) is 12.8 Å². The molecule has 0 saturated carbocycles. The third-order valence-electron chi connectivity index (χ3n) is 4.29. The first kappa shape index (κ1) is 16.5. The summed E-state index contributed by atoms with van der Waals surface area (Å²) in [6, 6.07) is 9.73. The van der Waals surface area contributed by atoms with Crippen molar-refractivity contribution in [3.8, 4) is 11.1 Å². The number of nitrogens with zero attached hydrogens (tertiary/aromatic N) is 1. The quantitative estimate of drug-likeness (QED) is 0.897. The fourth-order valence-electron chi connectivity index (χ4n) is 2.99. The maximum atomic E-state index is 12.5. The van der Waals surface area contributed by atoms with E-state index in [2.05, 4.69) is 22.1 Å². The second-order valence-corrected chi connectivity index (χ2v) is 6.70. The largest absolute Gasteiger partial charge is 0.359 e. The molecular weight excluding hydrogens is 322 g/mol. The van der Waals surface area contributed by atoms with Gasteiger partial charge in [-0.2, -0.15) is 11.3 Å². The van der Waals surface area contributed by atoms with Crippen LogP contribution < -0.4 is 10.6 Å². The van der Waals surface area contributed by atoms with Gasteiger partial charge in [-0.15, -0.1) is 0 Å². The predicted octanol–water partition coefficient (Wildman–Crippen LogP) is 3.41. The first-order chi connectivity index (χ1) is 11.7. The van der Waals surface area contributed by atoms with E-state index in [4.69, 9.17) is 0 Å². The lowest BCUT2D eigenvalue weighted by Gasteiger charge is -2.31. The first-order valence-electron chi connectivity index (χ1n) is 8.07. The molecule has 6 heteroatoms. The number of likely N-dealkylation sites (tertiary alicyclic amines) is 1. The summed E-state index contributed by atoms with van der Waals surface area (Å²) in [5.41, 5.74) is 3.00. The molecule has 5 nitrogen and oxygen atoms in total. The highest BCUT2D eigenvalue weighted by Crippen LogP contribution is 2.25. The van der Waals surface area contributed by atoms with Crippen molar-refractivity contribution in [2.45, 2.75) is 12.8 Å². The molecule has 0 aliphatic carbocycles. The molecule has 1 atom stereocenters. The maximum Gasteiger partial charge on any atom is 0.321 e. The van der Waals surface area contributed by atoms with Gasteiger partial charge in [0.2, 0.25) is 5.91 Å². The van der Waals surface area contributed by atoms with E-state index in [9.17, 15) is 9.59 Å². The van der Waals surface area contributed by atoms with Crippen LogP contribution in [0.5, 0.6) is 0 Å². The number of carbonyl (C=O) groups is 2. The zero-order chi connectivity index (χ0) is 16.9. The molecule has 1 aliphatic heterocycles. The van der Waals surface area contributed by atoms with Gasteiger partial charge < -0.3 is 15.5 Å². The Kier molecular flexibility index (Phi) is 5.15. The molecule has 126 valence electrons. The lowest BCUT2D eigenvalue weighted by molar-refractivity contribution is -0.125. The highest BCUT2D eigenvalue weighted by molar-refractivity contribution is 7.08. The Hall–Kier alpha value is -2.34. The summed E-state index contributed by atoms with van der Waals surface area (Å²) in [6.45, 7) is 1.15. The maximum absolute atomic E-state index is 12.5. The number of nitrogens with one attached hydrogen (secondary N) is 2. The number of thiophene rings is 1. The Morgan fingerprint density at radius 2 is 2.12 bits per heavy atom. The summed E-state index contributed by atoms with van der Waals surface area (Å²) in [5, 5.41) is 9.74. The van der Waals surface area contributed by atoms with E-state index in [0.29, 0.717) is 13.1 Å². The average Bonchev–Trinajstić information content (AvgIpc) is 3.16.